The van der Waals surface area contributed by atoms with Gasteiger partial charge in [0.25, 0.3) is 5.78 Å². The molecule has 0 aromatic carbocycles. The molecule has 0 bridgehead atoms. The summed E-state index contributed by atoms with van der Waals surface area (Å²) in [7, 11) is 0. The predicted molar refractivity (Wildman–Crippen MR) is 66.5 cm³/mol. The molecule has 0 amide bonds. The normalized spacial score (nSPS) is 10.9. The van der Waals surface area contributed by atoms with Gasteiger partial charge in [-0.15, -0.1) is 0 Å². The Balaban J connectivity index is 1.75. The molecule has 0 radical (unpaired) electrons. The highest BCUT2D eigenvalue weighted by Crippen LogP contribution is 2.13. The molecule has 0 atom stereocenters. The van der Waals surface area contributed by atoms with Crippen molar-refractivity contribution >= 4 is 23.2 Å². The van der Waals surface area contributed by atoms with Crippen molar-refractivity contribution in [3.05, 3.63) is 36.3 Å². The van der Waals surface area contributed by atoms with E-state index < -0.39 is 0 Å². The van der Waals surface area contributed by atoms with Crippen LogP contribution in [0.3, 0.4) is 0 Å². The fraction of sp³-hybridized carbons (Fsp3) is 0.200. The monoisotopic (exact) mass is 263 g/mol. The van der Waals surface area contributed by atoms with Crippen LogP contribution in [-0.4, -0.2) is 35.7 Å². The number of halogens is 1. The lowest BCUT2D eigenvalue weighted by atomic mass is 10.5. The van der Waals surface area contributed by atoms with Gasteiger partial charge in [-0.05, 0) is 0 Å². The summed E-state index contributed by atoms with van der Waals surface area (Å²) in [4.78, 5) is 12.0. The summed E-state index contributed by atoms with van der Waals surface area (Å²) in [6, 6.07) is 1.72. The third kappa shape index (κ3) is 2.12. The van der Waals surface area contributed by atoms with Crippen molar-refractivity contribution in [1.82, 2.24) is 29.1 Å². The molecule has 0 saturated heterocycles. The van der Waals surface area contributed by atoms with Crippen LogP contribution in [0.1, 0.15) is 0 Å². The van der Waals surface area contributed by atoms with Gasteiger partial charge in [-0.2, -0.15) is 19.6 Å². The van der Waals surface area contributed by atoms with Gasteiger partial charge in [0.1, 0.15) is 17.3 Å². The Hall–Kier alpha value is -2.15. The number of nitrogens with one attached hydrogen (secondary N) is 1. The first-order valence-electron chi connectivity index (χ1n) is 5.39. The molecule has 3 heterocycles. The van der Waals surface area contributed by atoms with Gasteiger partial charge in [0.05, 0.1) is 6.33 Å². The minimum atomic E-state index is 0.389. The van der Waals surface area contributed by atoms with Gasteiger partial charge in [-0.3, -0.25) is 0 Å². The van der Waals surface area contributed by atoms with Gasteiger partial charge >= 0.3 is 0 Å². The summed E-state index contributed by atoms with van der Waals surface area (Å²) in [5.41, 5.74) is 0. The first-order chi connectivity index (χ1) is 8.83. The molecule has 0 aliphatic carbocycles. The lowest BCUT2D eigenvalue weighted by Gasteiger charge is -2.08. The summed E-state index contributed by atoms with van der Waals surface area (Å²) in [6.07, 6.45) is 6.87. The Kier molecular flexibility index (Phi) is 2.81. The highest BCUT2D eigenvalue weighted by Gasteiger charge is 2.05. The number of rotatable bonds is 4. The number of hydrogen-bond donors (Lipinski definition) is 1. The van der Waals surface area contributed by atoms with Gasteiger partial charge in [-0.1, -0.05) is 11.6 Å². The molecule has 0 aliphatic heterocycles. The van der Waals surface area contributed by atoms with Crippen LogP contribution in [-0.2, 0) is 6.54 Å². The maximum atomic E-state index is 5.91. The second-order valence-electron chi connectivity index (χ2n) is 3.66. The molecule has 3 rings (SSSR count). The maximum Gasteiger partial charge on any atom is 0.255 e. The van der Waals surface area contributed by atoms with Crippen LogP contribution in [0.2, 0.25) is 5.15 Å². The molecule has 3 aromatic heterocycles. The lowest BCUT2D eigenvalue weighted by molar-refractivity contribution is 0.722. The van der Waals surface area contributed by atoms with Crippen molar-refractivity contribution in [1.29, 1.82) is 0 Å². The van der Waals surface area contributed by atoms with Crippen LogP contribution in [0, 0.1) is 0 Å². The van der Waals surface area contributed by atoms with E-state index in [2.05, 4.69) is 25.4 Å². The van der Waals surface area contributed by atoms with E-state index >= 15 is 0 Å². The van der Waals surface area contributed by atoms with Gasteiger partial charge in [0.2, 0.25) is 0 Å². The largest absolute Gasteiger partial charge is 0.368 e. The highest BCUT2D eigenvalue weighted by atomic mass is 35.5. The third-order valence-electron chi connectivity index (χ3n) is 2.46. The quantitative estimate of drug-likeness (QED) is 0.713. The van der Waals surface area contributed by atoms with Crippen LogP contribution in [0.25, 0.3) is 5.78 Å². The van der Waals surface area contributed by atoms with Crippen molar-refractivity contribution in [3.63, 3.8) is 0 Å². The molecule has 0 aliphatic rings. The lowest BCUT2D eigenvalue weighted by Crippen LogP contribution is -2.12. The van der Waals surface area contributed by atoms with Gasteiger partial charge in [0, 0.05) is 31.5 Å². The molecule has 92 valence electrons. The molecule has 18 heavy (non-hydrogen) atoms. The average Bonchev–Trinajstić information content (AvgIpc) is 2.98. The third-order valence-corrected chi connectivity index (χ3v) is 2.65. The zero-order valence-electron chi connectivity index (χ0n) is 9.36. The van der Waals surface area contributed by atoms with E-state index in [9.17, 15) is 0 Å². The molecular weight excluding hydrogens is 254 g/mol. The van der Waals surface area contributed by atoms with Crippen molar-refractivity contribution in [2.45, 2.75) is 6.54 Å². The molecule has 1 N–H and O–H groups in total. The van der Waals surface area contributed by atoms with E-state index in [0.717, 1.165) is 18.9 Å². The number of anilines is 1. The van der Waals surface area contributed by atoms with E-state index in [1.165, 1.54) is 6.33 Å². The first-order valence-corrected chi connectivity index (χ1v) is 5.76. The van der Waals surface area contributed by atoms with Gasteiger partial charge in [0.15, 0.2) is 0 Å². The number of fused-ring (bicyclic) bond motifs is 1. The van der Waals surface area contributed by atoms with Crippen LogP contribution in [0.5, 0.6) is 0 Å². The van der Waals surface area contributed by atoms with E-state index in [1.807, 2.05) is 10.8 Å². The molecule has 3 aromatic rings. The van der Waals surface area contributed by atoms with Crippen LogP contribution in [0.15, 0.2) is 31.1 Å². The molecule has 0 unspecified atom stereocenters. The summed E-state index contributed by atoms with van der Waals surface area (Å²) < 4.78 is 3.59. The Morgan fingerprint density at radius 3 is 3.17 bits per heavy atom. The number of imidazole rings is 1. The van der Waals surface area contributed by atoms with Gasteiger partial charge in [-0.25, -0.2) is 4.98 Å². The van der Waals surface area contributed by atoms with Gasteiger partial charge < -0.3 is 9.88 Å². The van der Waals surface area contributed by atoms with Crippen molar-refractivity contribution in [2.75, 3.05) is 11.9 Å². The molecule has 0 spiro atoms. The minimum absolute atomic E-state index is 0.389. The Bertz CT molecular complexity index is 645. The van der Waals surface area contributed by atoms with Crippen LogP contribution in [0.4, 0.5) is 5.82 Å². The summed E-state index contributed by atoms with van der Waals surface area (Å²) >= 11 is 5.91. The zero-order valence-corrected chi connectivity index (χ0v) is 10.1. The average molecular weight is 264 g/mol. The summed E-state index contributed by atoms with van der Waals surface area (Å²) in [6.45, 7) is 1.53. The smallest absolute Gasteiger partial charge is 0.255 e. The second-order valence-corrected chi connectivity index (χ2v) is 4.05. The maximum absolute atomic E-state index is 5.91. The molecular formula is C10H10ClN7. The molecule has 0 saturated carbocycles. The van der Waals surface area contributed by atoms with Crippen molar-refractivity contribution in [3.8, 4) is 0 Å². The molecule has 7 nitrogen and oxygen atoms in total. The van der Waals surface area contributed by atoms with E-state index in [1.54, 1.807) is 23.1 Å². The Labute approximate surface area is 107 Å². The second kappa shape index (κ2) is 4.61. The van der Waals surface area contributed by atoms with E-state index in [0.29, 0.717) is 10.9 Å². The standard InChI is InChI=1S/C10H10ClN7/c11-8-5-9(18-10(16-8)14-6-15-18)13-2-4-17-3-1-12-7-17/h1,3,5-7,13H,2,4H2. The number of aromatic nitrogens is 6. The SMILES string of the molecule is Clc1cc(NCCn2ccnc2)n2ncnc2n1. The summed E-state index contributed by atoms with van der Waals surface area (Å²) in [5.74, 6) is 1.25. The minimum Gasteiger partial charge on any atom is -0.368 e. The number of nitrogens with zero attached hydrogens (tertiary/aromatic N) is 6. The predicted octanol–water partition coefficient (Wildman–Crippen LogP) is 1.09. The van der Waals surface area contributed by atoms with Crippen molar-refractivity contribution in [2.24, 2.45) is 0 Å². The summed E-state index contributed by atoms with van der Waals surface area (Å²) in [5, 5.41) is 7.71. The molecule has 8 heteroatoms. The van der Waals surface area contributed by atoms with Crippen LogP contribution >= 0.6 is 11.6 Å². The van der Waals surface area contributed by atoms with E-state index in [-0.39, 0.29) is 0 Å². The van der Waals surface area contributed by atoms with Crippen molar-refractivity contribution < 1.29 is 0 Å². The Morgan fingerprint density at radius 1 is 1.39 bits per heavy atom. The molecule has 0 fully saturated rings. The topological polar surface area (TPSA) is 72.9 Å². The zero-order chi connectivity index (χ0) is 12.4. The fourth-order valence-corrected chi connectivity index (χ4v) is 1.82. The first kappa shape index (κ1) is 11.0. The fourth-order valence-electron chi connectivity index (χ4n) is 1.64. The van der Waals surface area contributed by atoms with E-state index in [4.69, 9.17) is 11.6 Å². The Morgan fingerprint density at radius 2 is 2.33 bits per heavy atom. The highest BCUT2D eigenvalue weighted by molar-refractivity contribution is 6.29. The van der Waals surface area contributed by atoms with Crippen LogP contribution < -0.4 is 5.32 Å². The number of hydrogen-bond acceptors (Lipinski definition) is 5.